The molecule has 0 spiro atoms. The van der Waals surface area contributed by atoms with Crippen molar-refractivity contribution in [1.29, 1.82) is 0 Å². The molecule has 2 rings (SSSR count). The van der Waals surface area contributed by atoms with Gasteiger partial charge in [0, 0.05) is 27.3 Å². The van der Waals surface area contributed by atoms with E-state index in [4.69, 9.17) is 0 Å². The van der Waals surface area contributed by atoms with Gasteiger partial charge in [0.15, 0.2) is 4.90 Å². The van der Waals surface area contributed by atoms with Crippen molar-refractivity contribution in [2.45, 2.75) is 24.8 Å². The second-order valence-electron chi connectivity index (χ2n) is 6.37. The van der Waals surface area contributed by atoms with Gasteiger partial charge in [-0.1, -0.05) is 44.2 Å². The zero-order valence-electron chi connectivity index (χ0n) is 15.0. The van der Waals surface area contributed by atoms with Crippen molar-refractivity contribution in [2.24, 2.45) is 20.0 Å². The fraction of sp³-hybridized carbons (Fsp3) is 0.412. The van der Waals surface area contributed by atoms with Gasteiger partial charge in [0.25, 0.3) is 5.56 Å². The third kappa shape index (κ3) is 3.45. The summed E-state index contributed by atoms with van der Waals surface area (Å²) in [5.74, 6) is -0.0152. The average Bonchev–Trinajstić information content (AvgIpc) is 2.56. The number of aryl methyl sites for hydroxylation is 1. The van der Waals surface area contributed by atoms with Crippen LogP contribution in [0.4, 0.5) is 0 Å². The van der Waals surface area contributed by atoms with E-state index in [9.17, 15) is 18.0 Å². The average molecular weight is 365 g/mol. The van der Waals surface area contributed by atoms with Gasteiger partial charge in [-0.05, 0) is 11.5 Å². The van der Waals surface area contributed by atoms with Gasteiger partial charge in [-0.15, -0.1) is 0 Å². The van der Waals surface area contributed by atoms with Gasteiger partial charge in [-0.25, -0.2) is 13.2 Å². The molecule has 0 aliphatic rings. The lowest BCUT2D eigenvalue weighted by Crippen LogP contribution is -2.43. The molecular formula is C17H23N3O4S. The van der Waals surface area contributed by atoms with Crippen LogP contribution in [0.25, 0.3) is 0 Å². The van der Waals surface area contributed by atoms with Crippen LogP contribution in [0.5, 0.6) is 0 Å². The van der Waals surface area contributed by atoms with Gasteiger partial charge in [-0.2, -0.15) is 4.31 Å². The molecule has 0 saturated carbocycles. The van der Waals surface area contributed by atoms with E-state index in [1.165, 1.54) is 25.4 Å². The number of rotatable bonds is 5. The van der Waals surface area contributed by atoms with E-state index < -0.39 is 32.2 Å². The molecule has 0 amide bonds. The van der Waals surface area contributed by atoms with E-state index in [1.54, 1.807) is 0 Å². The van der Waals surface area contributed by atoms with E-state index >= 15 is 0 Å². The molecule has 2 aromatic rings. The van der Waals surface area contributed by atoms with Crippen molar-refractivity contribution >= 4 is 10.0 Å². The Morgan fingerprint density at radius 2 is 1.60 bits per heavy atom. The maximum atomic E-state index is 13.1. The van der Waals surface area contributed by atoms with Crippen molar-refractivity contribution in [1.82, 2.24) is 13.4 Å². The minimum absolute atomic E-state index is 0.0152. The topological polar surface area (TPSA) is 81.4 Å². The summed E-state index contributed by atoms with van der Waals surface area (Å²) in [6, 6.07) is 8.82. The quantitative estimate of drug-likeness (QED) is 0.795. The predicted molar refractivity (Wildman–Crippen MR) is 95.9 cm³/mol. The van der Waals surface area contributed by atoms with Gasteiger partial charge in [-0.3, -0.25) is 9.36 Å². The van der Waals surface area contributed by atoms with E-state index in [2.05, 4.69) is 0 Å². The van der Waals surface area contributed by atoms with Gasteiger partial charge >= 0.3 is 5.69 Å². The Kier molecular flexibility index (Phi) is 5.34. The number of sulfonamides is 1. The third-order valence-electron chi connectivity index (χ3n) is 4.24. The monoisotopic (exact) mass is 365 g/mol. The Morgan fingerprint density at radius 1 is 1.04 bits per heavy atom. The predicted octanol–water partition coefficient (Wildman–Crippen LogP) is 1.10. The molecule has 0 fully saturated rings. The maximum absolute atomic E-state index is 13.1. The van der Waals surface area contributed by atoms with Crippen LogP contribution in [0, 0.1) is 5.92 Å². The Balaban J connectivity index is 2.63. The lowest BCUT2D eigenvalue weighted by Gasteiger charge is -2.30. The zero-order chi connectivity index (χ0) is 18.9. The summed E-state index contributed by atoms with van der Waals surface area (Å²) in [5, 5.41) is 0. The Hall–Kier alpha value is -2.19. The first-order chi connectivity index (χ1) is 11.6. The van der Waals surface area contributed by atoms with Crippen LogP contribution in [-0.2, 0) is 24.1 Å². The minimum Gasteiger partial charge on any atom is -0.302 e. The molecule has 1 aromatic heterocycles. The number of benzene rings is 1. The molecule has 25 heavy (non-hydrogen) atoms. The first kappa shape index (κ1) is 19.1. The molecule has 0 bridgehead atoms. The first-order valence-electron chi connectivity index (χ1n) is 7.88. The van der Waals surface area contributed by atoms with Crippen molar-refractivity contribution in [3.63, 3.8) is 0 Å². The second-order valence-corrected chi connectivity index (χ2v) is 8.34. The van der Waals surface area contributed by atoms with Crippen LogP contribution in [0.2, 0.25) is 0 Å². The Morgan fingerprint density at radius 3 is 2.12 bits per heavy atom. The summed E-state index contributed by atoms with van der Waals surface area (Å²) in [6.45, 7) is 3.84. The van der Waals surface area contributed by atoms with Crippen LogP contribution in [0.3, 0.4) is 0 Å². The first-order valence-corrected chi connectivity index (χ1v) is 9.32. The van der Waals surface area contributed by atoms with Gasteiger partial charge in [0.2, 0.25) is 10.0 Å². The lowest BCUT2D eigenvalue weighted by molar-refractivity contribution is 0.299. The summed E-state index contributed by atoms with van der Waals surface area (Å²) in [4.78, 5) is 23.8. The van der Waals surface area contributed by atoms with E-state index in [0.717, 1.165) is 20.9 Å². The van der Waals surface area contributed by atoms with Crippen LogP contribution in [-0.4, -0.2) is 28.9 Å². The molecule has 7 nitrogen and oxygen atoms in total. The molecule has 136 valence electrons. The van der Waals surface area contributed by atoms with Gasteiger partial charge < -0.3 is 4.57 Å². The van der Waals surface area contributed by atoms with Crippen molar-refractivity contribution in [3.8, 4) is 0 Å². The van der Waals surface area contributed by atoms with Crippen LogP contribution in [0.15, 0.2) is 51.0 Å². The highest BCUT2D eigenvalue weighted by Crippen LogP contribution is 2.31. The van der Waals surface area contributed by atoms with Crippen molar-refractivity contribution in [3.05, 3.63) is 62.9 Å². The highest BCUT2D eigenvalue weighted by atomic mass is 32.2. The summed E-state index contributed by atoms with van der Waals surface area (Å²) in [6.07, 6.45) is 1.08. The lowest BCUT2D eigenvalue weighted by atomic mass is 9.96. The van der Waals surface area contributed by atoms with Gasteiger partial charge in [0.1, 0.15) is 0 Å². The molecule has 0 aliphatic carbocycles. The third-order valence-corrected chi connectivity index (χ3v) is 6.06. The smallest absolute Gasteiger partial charge is 0.302 e. The molecule has 0 N–H and O–H groups in total. The van der Waals surface area contributed by atoms with E-state index in [-0.39, 0.29) is 5.92 Å². The summed E-state index contributed by atoms with van der Waals surface area (Å²) >= 11 is 0. The number of hydrogen-bond donors (Lipinski definition) is 0. The molecule has 8 heteroatoms. The van der Waals surface area contributed by atoms with E-state index in [0.29, 0.717) is 0 Å². The van der Waals surface area contributed by atoms with E-state index in [1.807, 2.05) is 44.2 Å². The fourth-order valence-corrected chi connectivity index (χ4v) is 4.54. The molecule has 1 heterocycles. The number of hydrogen-bond acceptors (Lipinski definition) is 4. The summed E-state index contributed by atoms with van der Waals surface area (Å²) in [5.41, 5.74) is -0.564. The van der Waals surface area contributed by atoms with Crippen LogP contribution < -0.4 is 11.2 Å². The van der Waals surface area contributed by atoms with Crippen molar-refractivity contribution < 1.29 is 8.42 Å². The zero-order valence-corrected chi connectivity index (χ0v) is 15.8. The highest BCUT2D eigenvalue weighted by molar-refractivity contribution is 7.89. The van der Waals surface area contributed by atoms with Crippen LogP contribution >= 0.6 is 0 Å². The molecule has 1 atom stereocenters. The normalized spacial score (nSPS) is 13.4. The fourth-order valence-electron chi connectivity index (χ4n) is 2.92. The molecule has 0 aliphatic heterocycles. The molecule has 1 aromatic carbocycles. The number of aromatic nitrogens is 2. The molecular weight excluding hydrogens is 342 g/mol. The number of nitrogens with zero attached hydrogens (tertiary/aromatic N) is 3. The van der Waals surface area contributed by atoms with Gasteiger partial charge in [0.05, 0.1) is 6.04 Å². The maximum Gasteiger partial charge on any atom is 0.330 e. The second kappa shape index (κ2) is 6.97. The minimum atomic E-state index is -4.08. The SMILES string of the molecule is CC(C)C(c1ccccc1)N(C)S(=O)(=O)c1cn(C)c(=O)n(C)c1=O. The molecule has 1 unspecified atom stereocenters. The summed E-state index contributed by atoms with van der Waals surface area (Å²) in [7, 11) is 0.0517. The summed E-state index contributed by atoms with van der Waals surface area (Å²) < 4.78 is 29.3. The highest BCUT2D eigenvalue weighted by Gasteiger charge is 2.33. The standard InChI is InChI=1S/C17H23N3O4S/c1-12(2)15(13-9-7-6-8-10-13)20(5)25(23,24)14-11-18(3)17(22)19(4)16(14)21/h6-12,15H,1-5H3. The Labute approximate surface area is 147 Å². The Bertz CT molecular complexity index is 975. The largest absolute Gasteiger partial charge is 0.330 e. The molecule has 0 saturated heterocycles. The van der Waals surface area contributed by atoms with Crippen LogP contribution in [0.1, 0.15) is 25.5 Å². The van der Waals surface area contributed by atoms with Crippen molar-refractivity contribution in [2.75, 3.05) is 7.05 Å². The molecule has 0 radical (unpaired) electrons.